The van der Waals surface area contributed by atoms with Crippen LogP contribution >= 0.6 is 23.2 Å². The molecule has 2 aromatic carbocycles. The van der Waals surface area contributed by atoms with Crippen LogP contribution in [0.2, 0.25) is 10.0 Å². The predicted octanol–water partition coefficient (Wildman–Crippen LogP) is 5.68. The molecule has 1 heterocycles. The lowest BCUT2D eigenvalue weighted by molar-refractivity contribution is -0.139. The second-order valence-electron chi connectivity index (χ2n) is 9.03. The van der Waals surface area contributed by atoms with Crippen LogP contribution in [-0.2, 0) is 10.2 Å². The van der Waals surface area contributed by atoms with Gasteiger partial charge in [-0.3, -0.25) is 10.1 Å². The van der Waals surface area contributed by atoms with Crippen LogP contribution in [0.1, 0.15) is 44.2 Å². The summed E-state index contributed by atoms with van der Waals surface area (Å²) in [5, 5.41) is 23.4. The first-order chi connectivity index (χ1) is 14.4. The van der Waals surface area contributed by atoms with Gasteiger partial charge < -0.3 is 5.11 Å². The van der Waals surface area contributed by atoms with Gasteiger partial charge in [0.05, 0.1) is 11.1 Å². The molecule has 0 saturated carbocycles. The van der Waals surface area contributed by atoms with Crippen molar-refractivity contribution in [3.63, 3.8) is 0 Å². The standard InChI is InChI=1S/C23H22Cl2F2N2O2/c1-22(2,3)10-17-23(11-28,14-8-7-12(24)9-16(14)26)18(20(29-17)21(30)31)13-5-4-6-15(25)19(13)27/h4-9,17-18,20,29H,10H2,1-3H3,(H,30,31)/t17-,18?,20?,23?/m0/s1. The molecule has 0 amide bonds. The summed E-state index contributed by atoms with van der Waals surface area (Å²) in [7, 11) is 0. The average molecular weight is 467 g/mol. The summed E-state index contributed by atoms with van der Waals surface area (Å²) in [5.74, 6) is -4.09. The van der Waals surface area contributed by atoms with Crippen molar-refractivity contribution < 1.29 is 18.7 Å². The van der Waals surface area contributed by atoms with Crippen LogP contribution in [0.15, 0.2) is 36.4 Å². The zero-order valence-corrected chi connectivity index (χ0v) is 18.7. The maximum Gasteiger partial charge on any atom is 0.321 e. The Bertz CT molecular complexity index is 1060. The van der Waals surface area contributed by atoms with Crippen LogP contribution in [0, 0.1) is 28.4 Å². The summed E-state index contributed by atoms with van der Waals surface area (Å²) >= 11 is 11.9. The van der Waals surface area contributed by atoms with Crippen molar-refractivity contribution in [1.82, 2.24) is 5.32 Å². The van der Waals surface area contributed by atoms with Crippen LogP contribution in [0.5, 0.6) is 0 Å². The third-order valence-corrected chi connectivity index (χ3v) is 6.24. The smallest absolute Gasteiger partial charge is 0.321 e. The fraction of sp³-hybridized carbons (Fsp3) is 0.391. The third kappa shape index (κ3) is 4.15. The highest BCUT2D eigenvalue weighted by Crippen LogP contribution is 2.52. The maximum atomic E-state index is 15.2. The monoisotopic (exact) mass is 466 g/mol. The quantitative estimate of drug-likeness (QED) is 0.607. The number of halogens is 4. The lowest BCUT2D eigenvalue weighted by Crippen LogP contribution is -2.44. The van der Waals surface area contributed by atoms with Crippen LogP contribution < -0.4 is 5.32 Å². The Morgan fingerprint density at radius 1 is 1.26 bits per heavy atom. The molecule has 1 aliphatic rings. The summed E-state index contributed by atoms with van der Waals surface area (Å²) in [6.07, 6.45) is 0.338. The molecule has 0 spiro atoms. The third-order valence-electron chi connectivity index (χ3n) is 5.72. The van der Waals surface area contributed by atoms with Crippen molar-refractivity contribution in [3.05, 3.63) is 69.2 Å². The minimum Gasteiger partial charge on any atom is -0.480 e. The Balaban J connectivity index is 2.38. The molecule has 0 aromatic heterocycles. The van der Waals surface area contributed by atoms with Gasteiger partial charge >= 0.3 is 5.97 Å². The van der Waals surface area contributed by atoms with Gasteiger partial charge in [-0.05, 0) is 35.6 Å². The maximum absolute atomic E-state index is 15.2. The van der Waals surface area contributed by atoms with Gasteiger partial charge in [0.1, 0.15) is 23.1 Å². The highest BCUT2D eigenvalue weighted by molar-refractivity contribution is 6.31. The van der Waals surface area contributed by atoms with E-state index in [9.17, 15) is 15.2 Å². The summed E-state index contributed by atoms with van der Waals surface area (Å²) in [5.41, 5.74) is -2.15. The number of hydrogen-bond acceptors (Lipinski definition) is 3. The first kappa shape index (κ1) is 23.5. The SMILES string of the molecule is CC(C)(C)C[C@@H]1NC(C(=O)O)C(c2cccc(Cl)c2F)C1(C#N)c1ccc(Cl)cc1F. The summed E-state index contributed by atoms with van der Waals surface area (Å²) < 4.78 is 30.3. The number of carbonyl (C=O) groups is 1. The molecule has 3 unspecified atom stereocenters. The van der Waals surface area contributed by atoms with E-state index in [0.29, 0.717) is 6.42 Å². The number of nitriles is 1. The molecule has 31 heavy (non-hydrogen) atoms. The number of hydrogen-bond donors (Lipinski definition) is 2. The molecule has 164 valence electrons. The molecule has 0 bridgehead atoms. The summed E-state index contributed by atoms with van der Waals surface area (Å²) in [6, 6.07) is 8.16. The molecule has 4 nitrogen and oxygen atoms in total. The Hall–Kier alpha value is -2.20. The fourth-order valence-corrected chi connectivity index (χ4v) is 4.88. The molecule has 2 aromatic rings. The Morgan fingerprint density at radius 2 is 1.94 bits per heavy atom. The van der Waals surface area contributed by atoms with Crippen LogP contribution in [0.3, 0.4) is 0 Å². The molecule has 1 fully saturated rings. The fourth-order valence-electron chi connectivity index (χ4n) is 4.54. The topological polar surface area (TPSA) is 73.1 Å². The predicted molar refractivity (Wildman–Crippen MR) is 115 cm³/mol. The second kappa shape index (κ2) is 8.38. The zero-order valence-electron chi connectivity index (χ0n) is 17.2. The lowest BCUT2D eigenvalue weighted by Gasteiger charge is -2.37. The lowest BCUT2D eigenvalue weighted by atomic mass is 9.62. The van der Waals surface area contributed by atoms with Crippen LogP contribution in [0.25, 0.3) is 0 Å². The highest BCUT2D eigenvalue weighted by Gasteiger charge is 2.61. The van der Waals surface area contributed by atoms with Gasteiger partial charge in [0.2, 0.25) is 0 Å². The normalized spacial score (nSPS) is 25.9. The van der Waals surface area contributed by atoms with E-state index in [1.165, 1.54) is 30.3 Å². The van der Waals surface area contributed by atoms with Gasteiger partial charge in [0, 0.05) is 22.5 Å². The van der Waals surface area contributed by atoms with E-state index in [2.05, 4.69) is 11.4 Å². The van der Waals surface area contributed by atoms with E-state index in [1.54, 1.807) is 0 Å². The summed E-state index contributed by atoms with van der Waals surface area (Å²) in [6.45, 7) is 5.79. The van der Waals surface area contributed by atoms with E-state index in [0.717, 1.165) is 6.07 Å². The van der Waals surface area contributed by atoms with Gasteiger partial charge in [-0.1, -0.05) is 62.2 Å². The number of benzene rings is 2. The van der Waals surface area contributed by atoms with Gasteiger partial charge in [-0.25, -0.2) is 8.78 Å². The van der Waals surface area contributed by atoms with Gasteiger partial charge in [0.25, 0.3) is 0 Å². The first-order valence-corrected chi connectivity index (χ1v) is 10.5. The molecule has 0 aliphatic carbocycles. The molecule has 8 heteroatoms. The zero-order chi connectivity index (χ0) is 23.1. The highest BCUT2D eigenvalue weighted by atomic mass is 35.5. The van der Waals surface area contributed by atoms with E-state index in [-0.39, 0.29) is 26.6 Å². The van der Waals surface area contributed by atoms with Crippen molar-refractivity contribution in [2.45, 2.75) is 50.6 Å². The van der Waals surface area contributed by atoms with Gasteiger partial charge in [-0.2, -0.15) is 5.26 Å². The number of nitrogens with one attached hydrogen (secondary N) is 1. The Morgan fingerprint density at radius 3 is 2.48 bits per heavy atom. The van der Waals surface area contributed by atoms with Gasteiger partial charge in [0.15, 0.2) is 0 Å². The number of carboxylic acid groups (broad SMARTS) is 1. The number of nitrogens with zero attached hydrogens (tertiary/aromatic N) is 1. The minimum absolute atomic E-state index is 0.0331. The molecular weight excluding hydrogens is 445 g/mol. The summed E-state index contributed by atoms with van der Waals surface area (Å²) in [4.78, 5) is 12.2. The van der Waals surface area contributed by atoms with Gasteiger partial charge in [-0.15, -0.1) is 0 Å². The van der Waals surface area contributed by atoms with Crippen molar-refractivity contribution >= 4 is 29.2 Å². The minimum atomic E-state index is -1.73. The molecule has 3 rings (SSSR count). The van der Waals surface area contributed by atoms with Crippen LogP contribution in [-0.4, -0.2) is 23.2 Å². The number of rotatable bonds is 4. The Labute approximate surface area is 189 Å². The van der Waals surface area contributed by atoms with E-state index < -0.39 is 41.0 Å². The first-order valence-electron chi connectivity index (χ1n) is 9.72. The molecule has 1 saturated heterocycles. The molecule has 2 N–H and O–H groups in total. The molecule has 1 aliphatic heterocycles. The van der Waals surface area contributed by atoms with E-state index in [1.807, 2.05) is 20.8 Å². The largest absolute Gasteiger partial charge is 0.480 e. The van der Waals surface area contributed by atoms with Crippen LogP contribution in [0.4, 0.5) is 8.78 Å². The Kier molecular flexibility index (Phi) is 6.35. The number of aliphatic carboxylic acids is 1. The average Bonchev–Trinajstić information content (AvgIpc) is 2.97. The molecular formula is C23H22Cl2F2N2O2. The van der Waals surface area contributed by atoms with E-state index in [4.69, 9.17) is 23.2 Å². The molecule has 4 atom stereocenters. The van der Waals surface area contributed by atoms with Crippen molar-refractivity contribution in [3.8, 4) is 6.07 Å². The number of carboxylic acids is 1. The van der Waals surface area contributed by atoms with E-state index >= 15 is 8.78 Å². The van der Waals surface area contributed by atoms with Crippen molar-refractivity contribution in [2.75, 3.05) is 0 Å². The molecule has 0 radical (unpaired) electrons. The van der Waals surface area contributed by atoms with Crippen molar-refractivity contribution in [1.29, 1.82) is 5.26 Å². The van der Waals surface area contributed by atoms with Crippen molar-refractivity contribution in [2.24, 2.45) is 5.41 Å². The second-order valence-corrected chi connectivity index (χ2v) is 9.87.